The SMILES string of the molecule is Cc1cccc(C(=O)/C=C/N(C)C)n1. The number of pyridine rings is 1. The van der Waals surface area contributed by atoms with E-state index in [1.807, 2.05) is 38.1 Å². The van der Waals surface area contributed by atoms with Crippen LogP contribution >= 0.6 is 0 Å². The number of hydrogen-bond donors (Lipinski definition) is 0. The van der Waals surface area contributed by atoms with Gasteiger partial charge in [-0.15, -0.1) is 0 Å². The van der Waals surface area contributed by atoms with E-state index in [1.165, 1.54) is 6.08 Å². The summed E-state index contributed by atoms with van der Waals surface area (Å²) in [4.78, 5) is 17.5. The molecule has 1 heterocycles. The van der Waals surface area contributed by atoms with Crippen LogP contribution in [0, 0.1) is 6.92 Å². The molecule has 0 aromatic carbocycles. The van der Waals surface area contributed by atoms with E-state index in [4.69, 9.17) is 0 Å². The third-order valence-corrected chi connectivity index (χ3v) is 1.66. The van der Waals surface area contributed by atoms with Crippen molar-refractivity contribution in [1.82, 2.24) is 9.88 Å². The molecular weight excluding hydrogens is 176 g/mol. The van der Waals surface area contributed by atoms with E-state index in [0.29, 0.717) is 5.69 Å². The first-order valence-corrected chi connectivity index (χ1v) is 4.42. The van der Waals surface area contributed by atoms with Gasteiger partial charge in [-0.3, -0.25) is 4.79 Å². The number of aromatic nitrogens is 1. The summed E-state index contributed by atoms with van der Waals surface area (Å²) >= 11 is 0. The summed E-state index contributed by atoms with van der Waals surface area (Å²) in [6.07, 6.45) is 3.23. The van der Waals surface area contributed by atoms with Gasteiger partial charge >= 0.3 is 0 Å². The Balaban J connectivity index is 2.80. The molecule has 1 rings (SSSR count). The van der Waals surface area contributed by atoms with E-state index in [9.17, 15) is 4.79 Å². The second-order valence-corrected chi connectivity index (χ2v) is 3.31. The topological polar surface area (TPSA) is 33.2 Å². The Kier molecular flexibility index (Phi) is 3.40. The average molecular weight is 190 g/mol. The highest BCUT2D eigenvalue weighted by atomic mass is 16.1. The largest absolute Gasteiger partial charge is 0.383 e. The van der Waals surface area contributed by atoms with Crippen molar-refractivity contribution in [2.24, 2.45) is 0 Å². The number of rotatable bonds is 3. The third-order valence-electron chi connectivity index (χ3n) is 1.66. The Labute approximate surface area is 84.1 Å². The maximum atomic E-state index is 11.5. The number of carbonyl (C=O) groups excluding carboxylic acids is 1. The first-order valence-electron chi connectivity index (χ1n) is 4.42. The first kappa shape index (κ1) is 10.4. The Hall–Kier alpha value is -1.64. The van der Waals surface area contributed by atoms with Crippen LogP contribution in [0.1, 0.15) is 16.2 Å². The van der Waals surface area contributed by atoms with Crippen LogP contribution in [-0.4, -0.2) is 29.8 Å². The number of ketones is 1. The monoisotopic (exact) mass is 190 g/mol. The Morgan fingerprint density at radius 1 is 1.43 bits per heavy atom. The van der Waals surface area contributed by atoms with E-state index in [1.54, 1.807) is 12.3 Å². The predicted molar refractivity (Wildman–Crippen MR) is 56.1 cm³/mol. The molecular formula is C11H14N2O. The van der Waals surface area contributed by atoms with E-state index < -0.39 is 0 Å². The molecule has 74 valence electrons. The van der Waals surface area contributed by atoms with E-state index in [2.05, 4.69) is 4.98 Å². The lowest BCUT2D eigenvalue weighted by Gasteiger charge is -2.02. The number of aryl methyl sites for hydroxylation is 1. The van der Waals surface area contributed by atoms with Crippen molar-refractivity contribution in [3.8, 4) is 0 Å². The van der Waals surface area contributed by atoms with Crippen molar-refractivity contribution in [3.05, 3.63) is 41.9 Å². The Bertz CT molecular complexity index is 356. The van der Waals surface area contributed by atoms with Gasteiger partial charge in [0.2, 0.25) is 5.78 Å². The molecule has 14 heavy (non-hydrogen) atoms. The molecule has 1 aromatic rings. The molecule has 0 unspecified atom stereocenters. The molecule has 3 nitrogen and oxygen atoms in total. The normalized spacial score (nSPS) is 10.5. The summed E-state index contributed by atoms with van der Waals surface area (Å²) in [7, 11) is 3.74. The highest BCUT2D eigenvalue weighted by Gasteiger charge is 2.02. The minimum Gasteiger partial charge on any atom is -0.383 e. The van der Waals surface area contributed by atoms with Crippen molar-refractivity contribution < 1.29 is 4.79 Å². The zero-order valence-electron chi connectivity index (χ0n) is 8.69. The smallest absolute Gasteiger partial charge is 0.205 e. The van der Waals surface area contributed by atoms with Crippen LogP contribution < -0.4 is 0 Å². The van der Waals surface area contributed by atoms with Gasteiger partial charge in [0, 0.05) is 32.1 Å². The average Bonchev–Trinajstić information content (AvgIpc) is 2.14. The van der Waals surface area contributed by atoms with Gasteiger partial charge in [0.25, 0.3) is 0 Å². The lowest BCUT2D eigenvalue weighted by Crippen LogP contribution is -2.04. The number of nitrogens with zero attached hydrogens (tertiary/aromatic N) is 2. The number of hydrogen-bond acceptors (Lipinski definition) is 3. The summed E-state index contributed by atoms with van der Waals surface area (Å²) in [5.41, 5.74) is 1.34. The maximum absolute atomic E-state index is 11.5. The fourth-order valence-electron chi connectivity index (χ4n) is 0.982. The van der Waals surface area contributed by atoms with Gasteiger partial charge in [-0.25, -0.2) is 4.98 Å². The standard InChI is InChI=1S/C11H14N2O/c1-9-5-4-6-10(12-9)11(14)7-8-13(2)3/h4-8H,1-3H3/b8-7+. The molecule has 3 heteroatoms. The minimum atomic E-state index is -0.0672. The molecule has 0 atom stereocenters. The molecule has 0 radical (unpaired) electrons. The van der Waals surface area contributed by atoms with E-state index >= 15 is 0 Å². The van der Waals surface area contributed by atoms with Gasteiger partial charge in [-0.05, 0) is 19.1 Å². The maximum Gasteiger partial charge on any atom is 0.205 e. The van der Waals surface area contributed by atoms with Crippen LogP contribution in [0.5, 0.6) is 0 Å². The van der Waals surface area contributed by atoms with Gasteiger partial charge in [0.1, 0.15) is 5.69 Å². The summed E-state index contributed by atoms with van der Waals surface area (Å²) in [6, 6.07) is 5.42. The summed E-state index contributed by atoms with van der Waals surface area (Å²) in [6.45, 7) is 1.87. The number of carbonyl (C=O) groups is 1. The Morgan fingerprint density at radius 2 is 2.14 bits per heavy atom. The van der Waals surface area contributed by atoms with Gasteiger partial charge in [0.15, 0.2) is 0 Å². The van der Waals surface area contributed by atoms with E-state index in [-0.39, 0.29) is 5.78 Å². The quantitative estimate of drug-likeness (QED) is 0.536. The van der Waals surface area contributed by atoms with Gasteiger partial charge in [-0.2, -0.15) is 0 Å². The molecule has 1 aromatic heterocycles. The molecule has 0 N–H and O–H groups in total. The fourth-order valence-corrected chi connectivity index (χ4v) is 0.982. The minimum absolute atomic E-state index is 0.0672. The van der Waals surface area contributed by atoms with Gasteiger partial charge < -0.3 is 4.90 Å². The third kappa shape index (κ3) is 3.01. The van der Waals surface area contributed by atoms with Crippen LogP contribution in [-0.2, 0) is 0 Å². The highest BCUT2D eigenvalue weighted by Crippen LogP contribution is 2.00. The molecule has 0 bridgehead atoms. The van der Waals surface area contributed by atoms with Crippen LogP contribution in [0.2, 0.25) is 0 Å². The molecule has 0 aliphatic carbocycles. The molecule has 0 amide bonds. The number of allylic oxidation sites excluding steroid dienone is 1. The van der Waals surface area contributed by atoms with Crippen LogP contribution in [0.3, 0.4) is 0 Å². The predicted octanol–water partition coefficient (Wildman–Crippen LogP) is 1.65. The molecule has 0 aliphatic heterocycles. The zero-order valence-corrected chi connectivity index (χ0v) is 8.69. The second-order valence-electron chi connectivity index (χ2n) is 3.31. The van der Waals surface area contributed by atoms with Crippen LogP contribution in [0.15, 0.2) is 30.5 Å². The van der Waals surface area contributed by atoms with Crippen molar-refractivity contribution >= 4 is 5.78 Å². The summed E-state index contributed by atoms with van der Waals surface area (Å²) in [5.74, 6) is -0.0672. The van der Waals surface area contributed by atoms with Gasteiger partial charge in [-0.1, -0.05) is 6.07 Å². The van der Waals surface area contributed by atoms with E-state index in [0.717, 1.165) is 5.69 Å². The molecule has 0 aliphatic rings. The van der Waals surface area contributed by atoms with Crippen molar-refractivity contribution in [3.63, 3.8) is 0 Å². The lowest BCUT2D eigenvalue weighted by molar-refractivity contribution is 0.104. The van der Waals surface area contributed by atoms with Crippen molar-refractivity contribution in [1.29, 1.82) is 0 Å². The molecule has 0 fully saturated rings. The lowest BCUT2D eigenvalue weighted by atomic mass is 10.2. The summed E-state index contributed by atoms with van der Waals surface area (Å²) < 4.78 is 0. The second kappa shape index (κ2) is 4.56. The van der Waals surface area contributed by atoms with Crippen molar-refractivity contribution in [2.75, 3.05) is 14.1 Å². The zero-order chi connectivity index (χ0) is 10.6. The Morgan fingerprint density at radius 3 is 2.71 bits per heavy atom. The fraction of sp³-hybridized carbons (Fsp3) is 0.273. The summed E-state index contributed by atoms with van der Waals surface area (Å²) in [5, 5.41) is 0. The van der Waals surface area contributed by atoms with Gasteiger partial charge in [0.05, 0.1) is 0 Å². The van der Waals surface area contributed by atoms with Crippen molar-refractivity contribution in [2.45, 2.75) is 6.92 Å². The molecule has 0 saturated carbocycles. The molecule has 0 spiro atoms. The van der Waals surface area contributed by atoms with Crippen LogP contribution in [0.25, 0.3) is 0 Å². The first-order chi connectivity index (χ1) is 6.59. The highest BCUT2D eigenvalue weighted by molar-refractivity contribution is 6.02. The van der Waals surface area contributed by atoms with Crippen LogP contribution in [0.4, 0.5) is 0 Å². The molecule has 0 saturated heterocycles.